The van der Waals surface area contributed by atoms with E-state index < -0.39 is 0 Å². The van der Waals surface area contributed by atoms with Gasteiger partial charge in [0.15, 0.2) is 0 Å². The third kappa shape index (κ3) is 4.54. The summed E-state index contributed by atoms with van der Waals surface area (Å²) in [6.45, 7) is 3.47. The summed E-state index contributed by atoms with van der Waals surface area (Å²) in [5.74, 6) is 0.113. The van der Waals surface area contributed by atoms with Crippen LogP contribution >= 0.6 is 11.6 Å². The van der Waals surface area contributed by atoms with Crippen LogP contribution in [0.1, 0.15) is 24.8 Å². The molecule has 2 aromatic carbocycles. The molecule has 1 amide bonds. The molecule has 4 rings (SSSR count). The molecule has 28 heavy (non-hydrogen) atoms. The number of amides is 1. The first kappa shape index (κ1) is 19.0. The number of rotatable bonds is 6. The van der Waals surface area contributed by atoms with Crippen LogP contribution in [0.4, 0.5) is 0 Å². The van der Waals surface area contributed by atoms with Gasteiger partial charge in [-0.05, 0) is 36.6 Å². The van der Waals surface area contributed by atoms with Gasteiger partial charge in [0.2, 0.25) is 5.91 Å². The molecule has 1 aliphatic rings. The van der Waals surface area contributed by atoms with Crippen LogP contribution in [-0.4, -0.2) is 39.5 Å². The van der Waals surface area contributed by atoms with E-state index in [1.807, 2.05) is 53.4 Å². The third-order valence-electron chi connectivity index (χ3n) is 5.41. The largest absolute Gasteiger partial charge is 0.353 e. The maximum Gasteiger partial charge on any atom is 0.222 e. The molecule has 0 spiro atoms. The van der Waals surface area contributed by atoms with Gasteiger partial charge in [0.1, 0.15) is 0 Å². The van der Waals surface area contributed by atoms with Crippen LogP contribution in [0.25, 0.3) is 11.0 Å². The van der Waals surface area contributed by atoms with Crippen LogP contribution in [0.3, 0.4) is 0 Å². The van der Waals surface area contributed by atoms with Gasteiger partial charge in [0.05, 0.1) is 17.4 Å². The van der Waals surface area contributed by atoms with E-state index in [0.717, 1.165) is 48.5 Å². The Morgan fingerprint density at radius 1 is 1.11 bits per heavy atom. The van der Waals surface area contributed by atoms with Gasteiger partial charge >= 0.3 is 0 Å². The minimum atomic E-state index is 0.113. The number of hydrogen-bond donors (Lipinski definition) is 1. The Morgan fingerprint density at radius 2 is 1.86 bits per heavy atom. The van der Waals surface area contributed by atoms with Crippen molar-refractivity contribution in [1.29, 1.82) is 0 Å². The van der Waals surface area contributed by atoms with Gasteiger partial charge in [-0.2, -0.15) is 0 Å². The Hall–Kier alpha value is -2.37. The molecule has 3 aromatic rings. The molecule has 0 bridgehead atoms. The van der Waals surface area contributed by atoms with Gasteiger partial charge < -0.3 is 9.88 Å². The molecule has 0 aliphatic carbocycles. The maximum absolute atomic E-state index is 12.4. The summed E-state index contributed by atoms with van der Waals surface area (Å²) in [4.78, 5) is 19.2. The van der Waals surface area contributed by atoms with Crippen molar-refractivity contribution in [2.24, 2.45) is 0 Å². The number of nitrogens with zero attached hydrogens (tertiary/aromatic N) is 3. The number of likely N-dealkylation sites (tertiary alicyclic amines) is 1. The molecule has 1 aliphatic heterocycles. The molecule has 1 saturated heterocycles. The van der Waals surface area contributed by atoms with Crippen molar-refractivity contribution in [2.45, 2.75) is 38.4 Å². The van der Waals surface area contributed by atoms with E-state index in [1.54, 1.807) is 0 Å². The fourth-order valence-electron chi connectivity index (χ4n) is 3.81. The van der Waals surface area contributed by atoms with E-state index in [4.69, 9.17) is 11.6 Å². The molecular formula is C22H25ClN4O. The lowest BCUT2D eigenvalue weighted by Crippen LogP contribution is -2.44. The first-order valence-corrected chi connectivity index (χ1v) is 10.2. The molecule has 1 fully saturated rings. The number of benzene rings is 2. The minimum absolute atomic E-state index is 0.113. The van der Waals surface area contributed by atoms with Crippen LogP contribution in [0, 0.1) is 0 Å². The number of piperidine rings is 1. The van der Waals surface area contributed by atoms with E-state index >= 15 is 0 Å². The lowest BCUT2D eigenvalue weighted by Gasteiger charge is -2.32. The van der Waals surface area contributed by atoms with Crippen LogP contribution < -0.4 is 5.32 Å². The average molecular weight is 397 g/mol. The van der Waals surface area contributed by atoms with Crippen molar-refractivity contribution in [3.8, 4) is 0 Å². The molecule has 1 N–H and O–H groups in total. The van der Waals surface area contributed by atoms with Gasteiger partial charge in [-0.3, -0.25) is 9.69 Å². The molecule has 146 valence electrons. The summed E-state index contributed by atoms with van der Waals surface area (Å²) in [6, 6.07) is 16.3. The van der Waals surface area contributed by atoms with Crippen LogP contribution in [0.5, 0.6) is 0 Å². The molecule has 0 atom stereocenters. The molecule has 2 heterocycles. The highest BCUT2D eigenvalue weighted by Crippen LogP contribution is 2.20. The lowest BCUT2D eigenvalue weighted by atomic mass is 10.0. The van der Waals surface area contributed by atoms with Crippen LogP contribution in [-0.2, 0) is 17.9 Å². The van der Waals surface area contributed by atoms with Crippen molar-refractivity contribution in [3.05, 3.63) is 65.4 Å². The monoisotopic (exact) mass is 396 g/mol. The van der Waals surface area contributed by atoms with Crippen LogP contribution in [0.15, 0.2) is 54.9 Å². The van der Waals surface area contributed by atoms with Gasteiger partial charge in [-0.15, -0.1) is 0 Å². The first-order valence-electron chi connectivity index (χ1n) is 9.84. The number of carbonyl (C=O) groups is 1. The quantitative estimate of drug-likeness (QED) is 0.688. The fraction of sp³-hybridized carbons (Fsp3) is 0.364. The number of hydrogen-bond acceptors (Lipinski definition) is 3. The standard InChI is InChI=1S/C22H25ClN4O/c23-19-6-2-1-5-17(19)15-26-12-9-18(10-13-26)25-22(28)11-14-27-16-24-20-7-3-4-8-21(20)27/h1-8,16,18H,9-15H2,(H,25,28). The van der Waals surface area contributed by atoms with Crippen molar-refractivity contribution in [1.82, 2.24) is 19.8 Å². The third-order valence-corrected chi connectivity index (χ3v) is 5.78. The zero-order valence-corrected chi connectivity index (χ0v) is 16.6. The Labute approximate surface area is 170 Å². The number of halogens is 1. The fourth-order valence-corrected chi connectivity index (χ4v) is 4.01. The predicted octanol–water partition coefficient (Wildman–Crippen LogP) is 3.86. The highest BCUT2D eigenvalue weighted by molar-refractivity contribution is 6.31. The highest BCUT2D eigenvalue weighted by Gasteiger charge is 2.21. The van der Waals surface area contributed by atoms with Gasteiger partial charge in [-0.1, -0.05) is 41.9 Å². The van der Waals surface area contributed by atoms with Crippen molar-refractivity contribution in [2.75, 3.05) is 13.1 Å². The molecule has 0 radical (unpaired) electrons. The number of aromatic nitrogens is 2. The van der Waals surface area contributed by atoms with E-state index in [0.29, 0.717) is 13.0 Å². The average Bonchev–Trinajstić information content (AvgIpc) is 3.13. The van der Waals surface area contributed by atoms with Gasteiger partial charge in [0, 0.05) is 43.7 Å². The maximum atomic E-state index is 12.4. The molecule has 6 heteroatoms. The van der Waals surface area contributed by atoms with Crippen molar-refractivity contribution >= 4 is 28.5 Å². The van der Waals surface area contributed by atoms with E-state index in [2.05, 4.69) is 21.3 Å². The number of aryl methyl sites for hydroxylation is 1. The first-order chi connectivity index (χ1) is 13.7. The molecular weight excluding hydrogens is 372 g/mol. The second-order valence-corrected chi connectivity index (χ2v) is 7.79. The van der Waals surface area contributed by atoms with E-state index in [9.17, 15) is 4.79 Å². The van der Waals surface area contributed by atoms with E-state index in [1.165, 1.54) is 5.56 Å². The molecule has 0 saturated carbocycles. The number of fused-ring (bicyclic) bond motifs is 1. The summed E-state index contributed by atoms with van der Waals surface area (Å²) in [7, 11) is 0. The minimum Gasteiger partial charge on any atom is -0.353 e. The van der Waals surface area contributed by atoms with Gasteiger partial charge in [-0.25, -0.2) is 4.98 Å². The highest BCUT2D eigenvalue weighted by atomic mass is 35.5. The van der Waals surface area contributed by atoms with Crippen molar-refractivity contribution in [3.63, 3.8) is 0 Å². The summed E-state index contributed by atoms with van der Waals surface area (Å²) in [5.41, 5.74) is 3.20. The van der Waals surface area contributed by atoms with Crippen molar-refractivity contribution < 1.29 is 4.79 Å². The Balaban J connectivity index is 1.22. The summed E-state index contributed by atoms with van der Waals surface area (Å²) in [6.07, 6.45) is 4.24. The van der Waals surface area contributed by atoms with Gasteiger partial charge in [0.25, 0.3) is 0 Å². The normalized spacial score (nSPS) is 15.8. The Kier molecular flexibility index (Phi) is 5.93. The smallest absolute Gasteiger partial charge is 0.222 e. The topological polar surface area (TPSA) is 50.2 Å². The Bertz CT molecular complexity index is 946. The SMILES string of the molecule is O=C(CCn1cnc2ccccc21)NC1CCN(Cc2ccccc2Cl)CC1. The summed E-state index contributed by atoms with van der Waals surface area (Å²) < 4.78 is 2.04. The zero-order valence-electron chi connectivity index (χ0n) is 15.9. The molecule has 5 nitrogen and oxygen atoms in total. The van der Waals surface area contributed by atoms with Crippen LogP contribution in [0.2, 0.25) is 5.02 Å². The number of nitrogens with one attached hydrogen (secondary N) is 1. The number of carbonyl (C=O) groups excluding carboxylic acids is 1. The predicted molar refractivity (Wildman–Crippen MR) is 112 cm³/mol. The lowest BCUT2D eigenvalue weighted by molar-refractivity contribution is -0.122. The second-order valence-electron chi connectivity index (χ2n) is 7.39. The Morgan fingerprint density at radius 3 is 2.68 bits per heavy atom. The zero-order chi connectivity index (χ0) is 19.3. The number of imidazole rings is 1. The summed E-state index contributed by atoms with van der Waals surface area (Å²) >= 11 is 6.26. The number of para-hydroxylation sites is 2. The second kappa shape index (κ2) is 8.76. The van der Waals surface area contributed by atoms with E-state index in [-0.39, 0.29) is 11.9 Å². The molecule has 1 aromatic heterocycles. The molecule has 0 unspecified atom stereocenters. The summed E-state index contributed by atoms with van der Waals surface area (Å²) in [5, 5.41) is 4.02.